The van der Waals surface area contributed by atoms with Gasteiger partial charge < -0.3 is 10.0 Å². The van der Waals surface area contributed by atoms with Gasteiger partial charge >= 0.3 is 0 Å². The Balaban J connectivity index is 2.11. The molecule has 86 valence electrons. The fourth-order valence-electron chi connectivity index (χ4n) is 2.36. The highest BCUT2D eigenvalue weighted by Gasteiger charge is 2.34. The minimum Gasteiger partial charge on any atom is -0.388 e. The number of hydrogen-bond donors (Lipinski definition) is 1. The molecule has 0 radical (unpaired) electrons. The Morgan fingerprint density at radius 1 is 1.56 bits per heavy atom. The molecule has 1 aromatic carbocycles. The quantitative estimate of drug-likeness (QED) is 0.774. The zero-order valence-electron chi connectivity index (χ0n) is 9.52. The first kappa shape index (κ1) is 11.3. The lowest BCUT2D eigenvalue weighted by atomic mass is 9.93. The first-order valence-corrected chi connectivity index (χ1v) is 5.56. The molecule has 2 rings (SSSR count). The Kier molecular flexibility index (Phi) is 3.08. The number of nitrogens with zero attached hydrogens (tertiary/aromatic N) is 1. The molecule has 1 unspecified atom stereocenters. The van der Waals surface area contributed by atoms with Crippen LogP contribution in [0.1, 0.15) is 22.3 Å². The largest absolute Gasteiger partial charge is 0.388 e. The Morgan fingerprint density at radius 3 is 3.00 bits per heavy atom. The van der Waals surface area contributed by atoms with Gasteiger partial charge in [0.25, 0.3) is 0 Å². The molecule has 3 heteroatoms. The summed E-state index contributed by atoms with van der Waals surface area (Å²) >= 11 is 0. The molecule has 0 aromatic heterocycles. The normalized spacial score (nSPS) is 25.9. The first-order valence-electron chi connectivity index (χ1n) is 5.56. The van der Waals surface area contributed by atoms with Crippen molar-refractivity contribution in [1.29, 1.82) is 0 Å². The summed E-state index contributed by atoms with van der Waals surface area (Å²) in [4.78, 5) is 12.8. The first-order chi connectivity index (χ1) is 7.61. The summed E-state index contributed by atoms with van der Waals surface area (Å²) in [5.41, 5.74) is 1.07. The molecule has 1 saturated heterocycles. The van der Waals surface area contributed by atoms with Gasteiger partial charge in [-0.25, -0.2) is 0 Å². The number of carbonyl (C=O) groups excluding carboxylic acids is 1. The van der Waals surface area contributed by atoms with Gasteiger partial charge in [0.05, 0.1) is 5.60 Å². The van der Waals surface area contributed by atoms with Gasteiger partial charge in [-0.1, -0.05) is 18.2 Å². The maximum Gasteiger partial charge on any atom is 0.150 e. The Morgan fingerprint density at radius 2 is 2.38 bits per heavy atom. The molecular formula is C13H17NO2. The maximum absolute atomic E-state index is 10.7. The summed E-state index contributed by atoms with van der Waals surface area (Å²) in [6.45, 7) is 1.64. The number of likely N-dealkylation sites (N-methyl/N-ethyl adjacent to an activating group) is 1. The molecule has 16 heavy (non-hydrogen) atoms. The Bertz CT molecular complexity index is 391. The summed E-state index contributed by atoms with van der Waals surface area (Å²) < 4.78 is 0. The van der Waals surface area contributed by atoms with Crippen molar-refractivity contribution in [3.05, 3.63) is 35.4 Å². The third-order valence-electron chi connectivity index (χ3n) is 3.14. The van der Waals surface area contributed by atoms with Crippen LogP contribution in [0, 0.1) is 0 Å². The van der Waals surface area contributed by atoms with Crippen molar-refractivity contribution in [3.63, 3.8) is 0 Å². The van der Waals surface area contributed by atoms with Crippen molar-refractivity contribution >= 4 is 6.29 Å². The molecule has 3 nitrogen and oxygen atoms in total. The number of β-amino-alcohol motifs (C(OH)–C–C–N with tert-alkyl or cyclic N) is 1. The molecule has 1 aromatic rings. The zero-order valence-corrected chi connectivity index (χ0v) is 9.52. The van der Waals surface area contributed by atoms with Crippen LogP contribution in [0.5, 0.6) is 0 Å². The van der Waals surface area contributed by atoms with Gasteiger partial charge in [0.1, 0.15) is 6.29 Å². The lowest BCUT2D eigenvalue weighted by Crippen LogP contribution is -2.34. The van der Waals surface area contributed by atoms with Gasteiger partial charge in [-0.15, -0.1) is 0 Å². The molecule has 1 aliphatic rings. The van der Waals surface area contributed by atoms with Crippen molar-refractivity contribution < 1.29 is 9.90 Å². The zero-order chi connectivity index (χ0) is 11.6. The summed E-state index contributed by atoms with van der Waals surface area (Å²) in [6.07, 6.45) is 2.27. The predicted molar refractivity (Wildman–Crippen MR) is 62.6 cm³/mol. The minimum absolute atomic E-state index is 0.624. The number of likely N-dealkylation sites (tertiary alicyclic amines) is 1. The minimum atomic E-state index is -0.629. The van der Waals surface area contributed by atoms with Crippen LogP contribution in [-0.4, -0.2) is 42.0 Å². The van der Waals surface area contributed by atoms with Crippen LogP contribution < -0.4 is 0 Å². The van der Waals surface area contributed by atoms with E-state index in [1.807, 2.05) is 25.2 Å². The molecule has 1 N–H and O–H groups in total. The Hall–Kier alpha value is -1.19. The summed E-state index contributed by atoms with van der Waals surface area (Å²) in [5.74, 6) is 0. The number of aldehydes is 1. The average molecular weight is 219 g/mol. The van der Waals surface area contributed by atoms with Crippen molar-refractivity contribution in [3.8, 4) is 0 Å². The van der Waals surface area contributed by atoms with Crippen LogP contribution in [0.15, 0.2) is 24.3 Å². The van der Waals surface area contributed by atoms with Crippen LogP contribution in [0.2, 0.25) is 0 Å². The predicted octanol–water partition coefficient (Wildman–Crippen LogP) is 1.11. The maximum atomic E-state index is 10.7. The standard InChI is InChI=1S/C13H17NO2/c1-14-6-5-13(16,10-14)8-11-3-2-4-12(7-11)9-15/h2-4,7,9,16H,5-6,8,10H2,1H3. The van der Waals surface area contributed by atoms with Crippen LogP contribution in [0.4, 0.5) is 0 Å². The van der Waals surface area contributed by atoms with E-state index in [0.717, 1.165) is 24.8 Å². The molecule has 1 heterocycles. The summed E-state index contributed by atoms with van der Waals surface area (Å²) in [6, 6.07) is 7.45. The van der Waals surface area contributed by atoms with Gasteiger partial charge in [0.2, 0.25) is 0 Å². The van der Waals surface area contributed by atoms with E-state index in [1.54, 1.807) is 6.07 Å². The molecule has 0 aliphatic carbocycles. The van der Waals surface area contributed by atoms with E-state index in [1.165, 1.54) is 0 Å². The summed E-state index contributed by atoms with van der Waals surface area (Å²) in [7, 11) is 2.01. The number of aliphatic hydroxyl groups is 1. The molecule has 0 saturated carbocycles. The molecular weight excluding hydrogens is 202 g/mol. The van der Waals surface area contributed by atoms with E-state index in [-0.39, 0.29) is 0 Å². The second kappa shape index (κ2) is 4.36. The van der Waals surface area contributed by atoms with Crippen molar-refractivity contribution in [1.82, 2.24) is 4.90 Å². The average Bonchev–Trinajstić information content (AvgIpc) is 2.58. The fourth-order valence-corrected chi connectivity index (χ4v) is 2.36. The van der Waals surface area contributed by atoms with Crippen molar-refractivity contribution in [2.24, 2.45) is 0 Å². The van der Waals surface area contributed by atoms with Gasteiger partial charge in [0, 0.05) is 25.1 Å². The molecule has 0 bridgehead atoms. The molecule has 1 atom stereocenters. The smallest absolute Gasteiger partial charge is 0.150 e. The van der Waals surface area contributed by atoms with Crippen LogP contribution in [0.25, 0.3) is 0 Å². The number of carbonyl (C=O) groups is 1. The fraction of sp³-hybridized carbons (Fsp3) is 0.462. The third-order valence-corrected chi connectivity index (χ3v) is 3.14. The van der Waals surface area contributed by atoms with E-state index in [2.05, 4.69) is 4.90 Å². The molecule has 0 spiro atoms. The van der Waals surface area contributed by atoms with Crippen molar-refractivity contribution in [2.45, 2.75) is 18.4 Å². The second-order valence-electron chi connectivity index (χ2n) is 4.75. The van der Waals surface area contributed by atoms with E-state index < -0.39 is 5.60 Å². The lowest BCUT2D eigenvalue weighted by molar-refractivity contribution is 0.0523. The highest BCUT2D eigenvalue weighted by atomic mass is 16.3. The van der Waals surface area contributed by atoms with E-state index in [0.29, 0.717) is 18.5 Å². The van der Waals surface area contributed by atoms with Gasteiger partial charge in [-0.05, 0) is 25.1 Å². The number of rotatable bonds is 3. The van der Waals surface area contributed by atoms with Gasteiger partial charge in [0.15, 0.2) is 0 Å². The van der Waals surface area contributed by atoms with E-state index in [4.69, 9.17) is 0 Å². The number of benzene rings is 1. The topological polar surface area (TPSA) is 40.5 Å². The summed E-state index contributed by atoms with van der Waals surface area (Å²) in [5, 5.41) is 10.3. The Labute approximate surface area is 95.7 Å². The van der Waals surface area contributed by atoms with Gasteiger partial charge in [-0.2, -0.15) is 0 Å². The van der Waals surface area contributed by atoms with Crippen LogP contribution in [0.3, 0.4) is 0 Å². The van der Waals surface area contributed by atoms with Crippen LogP contribution in [-0.2, 0) is 6.42 Å². The monoisotopic (exact) mass is 219 g/mol. The van der Waals surface area contributed by atoms with Gasteiger partial charge in [-0.3, -0.25) is 4.79 Å². The van der Waals surface area contributed by atoms with Crippen molar-refractivity contribution in [2.75, 3.05) is 20.1 Å². The van der Waals surface area contributed by atoms with E-state index in [9.17, 15) is 9.90 Å². The molecule has 1 fully saturated rings. The SMILES string of the molecule is CN1CCC(O)(Cc2cccc(C=O)c2)C1. The lowest BCUT2D eigenvalue weighted by Gasteiger charge is -2.22. The number of hydrogen-bond acceptors (Lipinski definition) is 3. The highest BCUT2D eigenvalue weighted by molar-refractivity contribution is 5.74. The molecule has 0 amide bonds. The molecule has 1 aliphatic heterocycles. The highest BCUT2D eigenvalue weighted by Crippen LogP contribution is 2.24. The third kappa shape index (κ3) is 2.49. The van der Waals surface area contributed by atoms with E-state index >= 15 is 0 Å². The van der Waals surface area contributed by atoms with Crippen LogP contribution >= 0.6 is 0 Å². The second-order valence-corrected chi connectivity index (χ2v) is 4.75.